The maximum Gasteiger partial charge on any atom is 0.267 e. The quantitative estimate of drug-likeness (QED) is 0.432. The predicted molar refractivity (Wildman–Crippen MR) is 85.3 cm³/mol. The molecule has 1 unspecified atom stereocenters. The molecule has 0 bridgehead atoms. The van der Waals surface area contributed by atoms with Gasteiger partial charge in [0.05, 0.1) is 6.61 Å². The molecule has 0 radical (unpaired) electrons. The number of unbranched alkanes of at least 4 members (excludes halogenated alkanes) is 1. The van der Waals surface area contributed by atoms with Gasteiger partial charge >= 0.3 is 0 Å². The summed E-state index contributed by atoms with van der Waals surface area (Å²) < 4.78 is 4.30. The van der Waals surface area contributed by atoms with Crippen molar-refractivity contribution in [2.45, 2.75) is 29.8 Å². The summed E-state index contributed by atoms with van der Waals surface area (Å²) in [5.41, 5.74) is -0.384. The minimum absolute atomic E-state index is 0.256. The molecule has 1 fully saturated rings. The summed E-state index contributed by atoms with van der Waals surface area (Å²) in [4.78, 5) is 13.9. The van der Waals surface area contributed by atoms with Gasteiger partial charge in [0.15, 0.2) is 0 Å². The van der Waals surface area contributed by atoms with Gasteiger partial charge in [-0.25, -0.2) is 0 Å². The largest absolute Gasteiger partial charge is 0.344 e. The average molecular weight is 328 g/mol. The lowest BCUT2D eigenvalue weighted by Gasteiger charge is -2.58. The van der Waals surface area contributed by atoms with E-state index in [0.717, 1.165) is 18.4 Å². The molecule has 1 amide bonds. The number of hydrogen-bond donors (Lipinski definition) is 0. The minimum atomic E-state index is -1.62. The van der Waals surface area contributed by atoms with Gasteiger partial charge in [0.1, 0.15) is 0 Å². The molecule has 1 heterocycles. The molecule has 1 aromatic rings. The zero-order valence-electron chi connectivity index (χ0n) is 12.0. The molecule has 5 heteroatoms. The summed E-state index contributed by atoms with van der Waals surface area (Å²) in [6, 6.07) is 9.38. The summed E-state index contributed by atoms with van der Waals surface area (Å²) >= 11 is 12.7. The van der Waals surface area contributed by atoms with Crippen molar-refractivity contribution in [2.75, 3.05) is 13.2 Å². The maximum atomic E-state index is 12.3. The molecule has 2 rings (SSSR count). The van der Waals surface area contributed by atoms with E-state index in [2.05, 4.69) is 13.5 Å². The molecule has 0 saturated carbocycles. The number of ether oxygens (including phenoxy) is 1. The Labute approximate surface area is 135 Å². The van der Waals surface area contributed by atoms with Gasteiger partial charge in [-0.3, -0.25) is 4.79 Å². The first-order chi connectivity index (χ1) is 10.0. The van der Waals surface area contributed by atoms with Crippen LogP contribution >= 0.6 is 23.2 Å². The van der Waals surface area contributed by atoms with Gasteiger partial charge in [-0.1, -0.05) is 73.0 Å². The van der Waals surface area contributed by atoms with Crippen molar-refractivity contribution in [1.82, 2.24) is 4.90 Å². The van der Waals surface area contributed by atoms with E-state index in [4.69, 9.17) is 27.9 Å². The molecule has 0 aliphatic carbocycles. The highest BCUT2D eigenvalue weighted by molar-refractivity contribution is 6.61. The second-order valence-corrected chi connectivity index (χ2v) is 6.32. The Bertz CT molecular complexity index is 518. The Kier molecular flexibility index (Phi) is 4.97. The van der Waals surface area contributed by atoms with E-state index >= 15 is 0 Å². The first-order valence-electron chi connectivity index (χ1n) is 7.02. The van der Waals surface area contributed by atoms with Gasteiger partial charge in [0.25, 0.3) is 5.91 Å². The Morgan fingerprint density at radius 2 is 2.00 bits per heavy atom. The molecule has 1 aromatic carbocycles. The molecule has 1 saturated heterocycles. The molecule has 21 heavy (non-hydrogen) atoms. The van der Waals surface area contributed by atoms with Crippen molar-refractivity contribution < 1.29 is 9.53 Å². The van der Waals surface area contributed by atoms with Crippen LogP contribution in [0.25, 0.3) is 0 Å². The number of carbonyl (C=O) groups is 1. The van der Waals surface area contributed by atoms with Crippen LogP contribution in [0.5, 0.6) is 0 Å². The first-order valence-corrected chi connectivity index (χ1v) is 7.78. The molecule has 0 aromatic heterocycles. The Morgan fingerprint density at radius 3 is 2.57 bits per heavy atom. The summed E-state index contributed by atoms with van der Waals surface area (Å²) in [5, 5.41) is 0. The number of amides is 1. The van der Waals surface area contributed by atoms with Crippen molar-refractivity contribution in [2.24, 2.45) is 0 Å². The number of rotatable bonds is 7. The summed E-state index contributed by atoms with van der Waals surface area (Å²) in [7, 11) is 0. The van der Waals surface area contributed by atoms with Crippen LogP contribution in [-0.2, 0) is 15.3 Å². The molecular formula is C16H19Cl2NO2. The second-order valence-electron chi connectivity index (χ2n) is 4.99. The molecule has 0 spiro atoms. The van der Waals surface area contributed by atoms with E-state index in [1.165, 1.54) is 0 Å². The third-order valence-corrected chi connectivity index (χ3v) is 4.47. The Morgan fingerprint density at radius 1 is 1.33 bits per heavy atom. The molecule has 0 N–H and O–H groups in total. The number of alkyl halides is 2. The van der Waals surface area contributed by atoms with Crippen LogP contribution < -0.4 is 0 Å². The third-order valence-electron chi connectivity index (χ3n) is 3.63. The normalized spacial score (nSPS) is 23.8. The van der Waals surface area contributed by atoms with Crippen LogP contribution in [0.15, 0.2) is 43.0 Å². The highest BCUT2D eigenvalue weighted by atomic mass is 35.5. The summed E-state index contributed by atoms with van der Waals surface area (Å²) in [6.45, 7) is 6.53. The zero-order chi connectivity index (χ0) is 15.5. The number of carbonyl (C=O) groups excluding carboxylic acids is 1. The molecule has 3 nitrogen and oxygen atoms in total. The summed E-state index contributed by atoms with van der Waals surface area (Å²) in [5.74, 6) is -0.313. The maximum absolute atomic E-state index is 12.3. The van der Waals surface area contributed by atoms with E-state index in [9.17, 15) is 4.79 Å². The highest BCUT2D eigenvalue weighted by Gasteiger charge is 2.72. The van der Waals surface area contributed by atoms with Crippen molar-refractivity contribution in [1.29, 1.82) is 0 Å². The minimum Gasteiger partial charge on any atom is -0.344 e. The third kappa shape index (κ3) is 2.48. The van der Waals surface area contributed by atoms with E-state index in [0.29, 0.717) is 6.54 Å². The number of hydrogen-bond acceptors (Lipinski definition) is 2. The molecule has 114 valence electrons. The predicted octanol–water partition coefficient (Wildman–Crippen LogP) is 3.86. The van der Waals surface area contributed by atoms with E-state index < -0.39 is 10.1 Å². The second kappa shape index (κ2) is 6.39. The van der Waals surface area contributed by atoms with Crippen molar-refractivity contribution in [3.8, 4) is 0 Å². The number of β-lactam (4-membered cyclic amide) rings is 1. The van der Waals surface area contributed by atoms with Gasteiger partial charge < -0.3 is 9.64 Å². The van der Waals surface area contributed by atoms with Gasteiger partial charge in [0.2, 0.25) is 10.1 Å². The molecule has 1 aliphatic rings. The van der Waals surface area contributed by atoms with Gasteiger partial charge in [-0.05, 0) is 6.42 Å². The number of halogens is 2. The number of benzene rings is 1. The standard InChI is InChI=1S/C16H19Cl2NO2/c1-3-5-11-19-14(20)15(17,18)16(19,21-12-4-2)13-9-7-6-8-10-13/h4,6-10H,2-3,5,11-12H2,1H3. The molecule has 1 atom stereocenters. The van der Waals surface area contributed by atoms with Crippen LogP contribution in [-0.4, -0.2) is 28.3 Å². The van der Waals surface area contributed by atoms with Crippen LogP contribution in [0, 0.1) is 0 Å². The lowest BCUT2D eigenvalue weighted by Crippen LogP contribution is -2.76. The van der Waals surface area contributed by atoms with E-state index in [-0.39, 0.29) is 12.5 Å². The topological polar surface area (TPSA) is 29.5 Å². The van der Waals surface area contributed by atoms with Gasteiger partial charge in [0, 0.05) is 12.1 Å². The van der Waals surface area contributed by atoms with Gasteiger partial charge in [-0.2, -0.15) is 0 Å². The SMILES string of the molecule is C=CCOC1(c2ccccc2)N(CCCC)C(=O)C1(Cl)Cl. The monoisotopic (exact) mass is 327 g/mol. The lowest BCUT2D eigenvalue weighted by atomic mass is 9.87. The fourth-order valence-electron chi connectivity index (χ4n) is 2.58. The van der Waals surface area contributed by atoms with Crippen molar-refractivity contribution in [3.63, 3.8) is 0 Å². The molecular weight excluding hydrogens is 309 g/mol. The Balaban J connectivity index is 2.45. The number of likely N-dealkylation sites (tertiary alicyclic amines) is 1. The first kappa shape index (κ1) is 16.3. The van der Waals surface area contributed by atoms with Crippen molar-refractivity contribution in [3.05, 3.63) is 48.6 Å². The Hall–Kier alpha value is -1.03. The lowest BCUT2D eigenvalue weighted by molar-refractivity contribution is -0.226. The van der Waals surface area contributed by atoms with Gasteiger partial charge in [-0.15, -0.1) is 6.58 Å². The van der Waals surface area contributed by atoms with Crippen LogP contribution in [0.1, 0.15) is 25.3 Å². The van der Waals surface area contributed by atoms with Crippen molar-refractivity contribution >= 4 is 29.1 Å². The van der Waals surface area contributed by atoms with Crippen LogP contribution in [0.4, 0.5) is 0 Å². The fourth-order valence-corrected chi connectivity index (χ4v) is 3.32. The van der Waals surface area contributed by atoms with Crippen LogP contribution in [0.3, 0.4) is 0 Å². The molecule has 1 aliphatic heterocycles. The fraction of sp³-hybridized carbons (Fsp3) is 0.438. The highest BCUT2D eigenvalue weighted by Crippen LogP contribution is 2.56. The smallest absolute Gasteiger partial charge is 0.267 e. The number of nitrogens with zero attached hydrogens (tertiary/aromatic N) is 1. The van der Waals surface area contributed by atoms with Crippen LogP contribution in [0.2, 0.25) is 0 Å². The average Bonchev–Trinajstić information content (AvgIpc) is 2.50. The zero-order valence-corrected chi connectivity index (χ0v) is 13.5. The summed E-state index contributed by atoms with van der Waals surface area (Å²) in [6.07, 6.45) is 3.45. The van der Waals surface area contributed by atoms with E-state index in [1.807, 2.05) is 30.3 Å². The van der Waals surface area contributed by atoms with E-state index in [1.54, 1.807) is 11.0 Å².